The number of carbonyl (C=O) groups excluding carboxylic acids is 2. The van der Waals surface area contributed by atoms with Crippen LogP contribution >= 0.6 is 46.3 Å². The third-order valence-electron chi connectivity index (χ3n) is 5.54. The van der Waals surface area contributed by atoms with Gasteiger partial charge in [0.25, 0.3) is 5.91 Å². The Balaban J connectivity index is 1.50. The molecule has 7 nitrogen and oxygen atoms in total. The lowest BCUT2D eigenvalue weighted by Crippen LogP contribution is -2.31. The van der Waals surface area contributed by atoms with Crippen molar-refractivity contribution in [3.63, 3.8) is 0 Å². The second-order valence-electron chi connectivity index (χ2n) is 7.94. The van der Waals surface area contributed by atoms with Crippen LogP contribution in [0.3, 0.4) is 0 Å². The first-order chi connectivity index (χ1) is 17.3. The van der Waals surface area contributed by atoms with E-state index >= 15 is 0 Å². The van der Waals surface area contributed by atoms with Crippen molar-refractivity contribution in [2.45, 2.75) is 23.1 Å². The van der Waals surface area contributed by atoms with E-state index in [1.807, 2.05) is 31.2 Å². The number of thioether (sulfide) groups is 1. The number of anilines is 1. The lowest BCUT2D eigenvalue weighted by Gasteiger charge is -2.24. The molecule has 0 saturated heterocycles. The van der Waals surface area contributed by atoms with E-state index < -0.39 is 23.5 Å². The minimum absolute atomic E-state index is 0.0112. The number of hydrogen-bond acceptors (Lipinski definition) is 8. The number of ketones is 1. The molecule has 0 fully saturated rings. The van der Waals surface area contributed by atoms with Gasteiger partial charge < -0.3 is 9.52 Å². The highest BCUT2D eigenvalue weighted by atomic mass is 35.5. The van der Waals surface area contributed by atoms with E-state index in [0.717, 1.165) is 5.56 Å². The number of aliphatic hydroxyl groups excluding tert-OH is 1. The summed E-state index contributed by atoms with van der Waals surface area (Å²) < 4.78 is 5.88. The van der Waals surface area contributed by atoms with Gasteiger partial charge in [-0.15, -0.1) is 10.2 Å². The lowest BCUT2D eigenvalue weighted by atomic mass is 9.95. The van der Waals surface area contributed by atoms with Gasteiger partial charge in [0.05, 0.1) is 27.9 Å². The maximum atomic E-state index is 13.3. The summed E-state index contributed by atoms with van der Waals surface area (Å²) in [5.41, 5.74) is 2.63. The summed E-state index contributed by atoms with van der Waals surface area (Å²) in [7, 11) is 0. The Hall–Kier alpha value is -3.11. The molecule has 2 aromatic carbocycles. The smallest absolute Gasteiger partial charge is 0.296 e. The van der Waals surface area contributed by atoms with E-state index in [2.05, 4.69) is 10.2 Å². The molecule has 2 aromatic heterocycles. The van der Waals surface area contributed by atoms with Crippen LogP contribution in [0.4, 0.5) is 5.13 Å². The fraction of sp³-hybridized carbons (Fsp3) is 0.120. The van der Waals surface area contributed by atoms with Crippen LogP contribution in [0.15, 0.2) is 80.9 Å². The van der Waals surface area contributed by atoms with Crippen LogP contribution in [0.2, 0.25) is 10.0 Å². The monoisotopic (exact) mass is 557 g/mol. The summed E-state index contributed by atoms with van der Waals surface area (Å²) in [5, 5.41) is 20.0. The fourth-order valence-electron chi connectivity index (χ4n) is 3.76. The normalized spacial score (nSPS) is 15.7. The maximum Gasteiger partial charge on any atom is 0.296 e. The number of aliphatic hydroxyl groups is 1. The maximum absolute atomic E-state index is 13.3. The zero-order valence-corrected chi connectivity index (χ0v) is 21.8. The van der Waals surface area contributed by atoms with Crippen molar-refractivity contribution >= 4 is 63.1 Å². The molecular formula is C25H17Cl2N3O4S2. The Morgan fingerprint density at radius 2 is 1.92 bits per heavy atom. The first-order valence-corrected chi connectivity index (χ1v) is 13.2. The average Bonchev–Trinajstić information content (AvgIpc) is 3.61. The summed E-state index contributed by atoms with van der Waals surface area (Å²) in [4.78, 5) is 27.8. The Labute approximate surface area is 224 Å². The van der Waals surface area contributed by atoms with E-state index in [1.54, 1.807) is 24.3 Å². The van der Waals surface area contributed by atoms with Crippen LogP contribution in [-0.2, 0) is 10.5 Å². The molecule has 11 heteroatoms. The van der Waals surface area contributed by atoms with Crippen molar-refractivity contribution in [1.82, 2.24) is 10.2 Å². The van der Waals surface area contributed by atoms with Gasteiger partial charge in [0, 0.05) is 5.75 Å². The van der Waals surface area contributed by atoms with Gasteiger partial charge in [-0.25, -0.2) is 0 Å². The van der Waals surface area contributed by atoms with Crippen LogP contribution in [0, 0.1) is 6.92 Å². The van der Waals surface area contributed by atoms with E-state index in [-0.39, 0.29) is 21.5 Å². The highest BCUT2D eigenvalue weighted by Gasteiger charge is 2.46. The number of furan rings is 1. The molecule has 0 spiro atoms. The van der Waals surface area contributed by atoms with Crippen molar-refractivity contribution in [3.8, 4) is 0 Å². The van der Waals surface area contributed by atoms with Crippen molar-refractivity contribution < 1.29 is 19.1 Å². The number of benzene rings is 2. The molecule has 1 aliphatic rings. The van der Waals surface area contributed by atoms with Crippen LogP contribution < -0.4 is 4.90 Å². The van der Waals surface area contributed by atoms with E-state index in [4.69, 9.17) is 27.6 Å². The van der Waals surface area contributed by atoms with Gasteiger partial charge in [-0.3, -0.25) is 14.5 Å². The van der Waals surface area contributed by atoms with E-state index in [9.17, 15) is 14.7 Å². The van der Waals surface area contributed by atoms with E-state index in [0.29, 0.717) is 20.7 Å². The summed E-state index contributed by atoms with van der Waals surface area (Å²) in [6, 6.07) is 14.9. The highest BCUT2D eigenvalue weighted by molar-refractivity contribution is 8.00. The largest absolute Gasteiger partial charge is 0.503 e. The molecule has 182 valence electrons. The first-order valence-electron chi connectivity index (χ1n) is 10.6. The molecule has 5 rings (SSSR count). The molecule has 3 heterocycles. The zero-order valence-electron chi connectivity index (χ0n) is 18.6. The number of halogens is 2. The number of aromatic nitrogens is 2. The molecule has 36 heavy (non-hydrogen) atoms. The third kappa shape index (κ3) is 4.67. The van der Waals surface area contributed by atoms with Crippen LogP contribution in [0.5, 0.6) is 0 Å². The SMILES string of the molecule is Cc1ccc(CSc2nnc(N3C(=O)C(O)=C(C(=O)c4ccco4)C3c3ccc(Cl)c(Cl)c3)s2)cc1. The molecule has 1 N–H and O–H groups in total. The molecule has 4 aromatic rings. The van der Waals surface area contributed by atoms with Crippen LogP contribution in [-0.4, -0.2) is 27.0 Å². The van der Waals surface area contributed by atoms with Crippen LogP contribution in [0.25, 0.3) is 0 Å². The minimum atomic E-state index is -1.01. The predicted octanol–water partition coefficient (Wildman–Crippen LogP) is 6.82. The van der Waals surface area contributed by atoms with Gasteiger partial charge >= 0.3 is 0 Å². The van der Waals surface area contributed by atoms with Crippen molar-refractivity contribution in [3.05, 3.63) is 105 Å². The number of amides is 1. The van der Waals surface area contributed by atoms with Crippen LogP contribution in [0.1, 0.15) is 33.3 Å². The topological polar surface area (TPSA) is 96.5 Å². The Kier molecular flexibility index (Phi) is 6.90. The number of rotatable bonds is 7. The van der Waals surface area contributed by atoms with Crippen molar-refractivity contribution in [1.29, 1.82) is 0 Å². The van der Waals surface area contributed by atoms with Gasteiger partial charge in [-0.2, -0.15) is 0 Å². The van der Waals surface area contributed by atoms with E-state index in [1.165, 1.54) is 45.9 Å². The fourth-order valence-corrected chi connectivity index (χ4v) is 5.89. The number of aryl methyl sites for hydroxylation is 1. The summed E-state index contributed by atoms with van der Waals surface area (Å²) in [6.45, 7) is 2.03. The number of Topliss-reactive ketones (excluding diaryl/α,β-unsaturated/α-hetero) is 1. The number of hydrogen-bond donors (Lipinski definition) is 1. The second kappa shape index (κ2) is 10.1. The Morgan fingerprint density at radius 1 is 1.14 bits per heavy atom. The minimum Gasteiger partial charge on any atom is -0.503 e. The summed E-state index contributed by atoms with van der Waals surface area (Å²) in [5.74, 6) is -1.42. The molecule has 1 amide bonds. The Bertz CT molecular complexity index is 1480. The second-order valence-corrected chi connectivity index (χ2v) is 10.9. The van der Waals surface area contributed by atoms with Crippen molar-refractivity contribution in [2.24, 2.45) is 0 Å². The van der Waals surface area contributed by atoms with Gasteiger partial charge in [0.15, 0.2) is 15.9 Å². The summed E-state index contributed by atoms with van der Waals surface area (Å²) >= 11 is 15.0. The lowest BCUT2D eigenvalue weighted by molar-refractivity contribution is -0.117. The molecule has 0 saturated carbocycles. The average molecular weight is 558 g/mol. The predicted molar refractivity (Wildman–Crippen MR) is 140 cm³/mol. The molecular weight excluding hydrogens is 541 g/mol. The third-order valence-corrected chi connectivity index (χ3v) is 8.41. The van der Waals surface area contributed by atoms with Gasteiger partial charge in [0.2, 0.25) is 10.9 Å². The first kappa shape index (κ1) is 24.6. The molecule has 1 atom stereocenters. The highest BCUT2D eigenvalue weighted by Crippen LogP contribution is 2.44. The van der Waals surface area contributed by atoms with Gasteiger partial charge in [-0.05, 0) is 42.3 Å². The quantitative estimate of drug-likeness (QED) is 0.151. The number of nitrogens with zero attached hydrogens (tertiary/aromatic N) is 3. The summed E-state index contributed by atoms with van der Waals surface area (Å²) in [6.07, 6.45) is 1.34. The molecule has 0 radical (unpaired) electrons. The Morgan fingerprint density at radius 3 is 2.61 bits per heavy atom. The molecule has 1 unspecified atom stereocenters. The number of carbonyl (C=O) groups is 2. The van der Waals surface area contributed by atoms with Gasteiger partial charge in [0.1, 0.15) is 0 Å². The molecule has 0 bridgehead atoms. The molecule has 1 aliphatic heterocycles. The van der Waals surface area contributed by atoms with Crippen molar-refractivity contribution in [2.75, 3.05) is 4.90 Å². The molecule has 0 aliphatic carbocycles. The van der Waals surface area contributed by atoms with Gasteiger partial charge in [-0.1, -0.05) is 82.2 Å². The zero-order chi connectivity index (χ0) is 25.4. The standard InChI is InChI=1S/C25H17Cl2N3O4S2/c1-13-4-6-14(7-5-13)12-35-25-29-28-24(36-25)30-20(15-8-9-16(26)17(27)11-15)19(22(32)23(30)33)21(31)18-3-2-10-34-18/h2-11,20,32H,12H2,1H3.